The van der Waals surface area contributed by atoms with Crippen molar-refractivity contribution >= 4 is 35.0 Å². The summed E-state index contributed by atoms with van der Waals surface area (Å²) in [4.78, 5) is 5.56. The Morgan fingerprint density at radius 1 is 0.676 bits per heavy atom. The van der Waals surface area contributed by atoms with Gasteiger partial charge in [0, 0.05) is 22.5 Å². The van der Waals surface area contributed by atoms with E-state index < -0.39 is 5.54 Å². The zero-order valence-electron chi connectivity index (χ0n) is 18.3. The van der Waals surface area contributed by atoms with Crippen LogP contribution in [0.25, 0.3) is 0 Å². The standard InChI is InChI=1S/C29H22Cl2N2S/c30-26-17-10-18-27(28(26)31)34-20-25-19-32-21-33(25)29(22-11-4-1-5-12-22,23-13-6-2-7-14-23)24-15-8-3-9-16-24/h1-19,21H,20H2. The van der Waals surface area contributed by atoms with E-state index in [1.54, 1.807) is 11.8 Å². The lowest BCUT2D eigenvalue weighted by Crippen LogP contribution is -2.38. The van der Waals surface area contributed by atoms with Crippen molar-refractivity contribution < 1.29 is 0 Å². The number of nitrogens with zero attached hydrogens (tertiary/aromatic N) is 2. The first-order chi connectivity index (χ1) is 16.7. The molecule has 5 aromatic rings. The molecular formula is C29H22Cl2N2S. The third-order valence-corrected chi connectivity index (χ3v) is 7.97. The summed E-state index contributed by atoms with van der Waals surface area (Å²) in [5.41, 5.74) is 3.99. The van der Waals surface area contributed by atoms with Gasteiger partial charge in [0.1, 0.15) is 5.54 Å². The Morgan fingerprint density at radius 3 is 1.74 bits per heavy atom. The molecule has 0 aliphatic carbocycles. The third-order valence-electron chi connectivity index (χ3n) is 5.94. The maximum atomic E-state index is 6.48. The fourth-order valence-corrected chi connectivity index (χ4v) is 5.88. The lowest BCUT2D eigenvalue weighted by atomic mass is 9.76. The minimum Gasteiger partial charge on any atom is -0.315 e. The first-order valence-electron chi connectivity index (χ1n) is 11.0. The van der Waals surface area contributed by atoms with Crippen LogP contribution in [0.2, 0.25) is 10.0 Å². The first-order valence-corrected chi connectivity index (χ1v) is 12.7. The van der Waals surface area contributed by atoms with Crippen molar-refractivity contribution in [1.82, 2.24) is 9.55 Å². The van der Waals surface area contributed by atoms with Crippen LogP contribution >= 0.6 is 35.0 Å². The maximum Gasteiger partial charge on any atom is 0.121 e. The predicted molar refractivity (Wildman–Crippen MR) is 143 cm³/mol. The van der Waals surface area contributed by atoms with Gasteiger partial charge in [-0.05, 0) is 28.8 Å². The lowest BCUT2D eigenvalue weighted by Gasteiger charge is -2.38. The van der Waals surface area contributed by atoms with Crippen LogP contribution in [0.3, 0.4) is 0 Å². The van der Waals surface area contributed by atoms with Crippen LogP contribution in [0.1, 0.15) is 22.4 Å². The molecular weight excluding hydrogens is 479 g/mol. The number of thioether (sulfide) groups is 1. The van der Waals surface area contributed by atoms with Crippen LogP contribution in [0.4, 0.5) is 0 Å². The van der Waals surface area contributed by atoms with E-state index in [0.717, 1.165) is 27.3 Å². The highest BCUT2D eigenvalue weighted by Gasteiger charge is 2.39. The molecule has 4 aromatic carbocycles. The van der Waals surface area contributed by atoms with Crippen LogP contribution in [-0.4, -0.2) is 9.55 Å². The van der Waals surface area contributed by atoms with E-state index in [4.69, 9.17) is 23.2 Å². The Hall–Kier alpha value is -2.98. The molecule has 0 unspecified atom stereocenters. The second kappa shape index (κ2) is 10.1. The van der Waals surface area contributed by atoms with Crippen molar-refractivity contribution in [2.24, 2.45) is 0 Å². The van der Waals surface area contributed by atoms with Crippen molar-refractivity contribution in [1.29, 1.82) is 0 Å². The highest BCUT2D eigenvalue weighted by Crippen LogP contribution is 2.42. The highest BCUT2D eigenvalue weighted by molar-refractivity contribution is 7.98. The Balaban J connectivity index is 1.70. The van der Waals surface area contributed by atoms with Crippen LogP contribution in [-0.2, 0) is 11.3 Å². The Labute approximate surface area is 214 Å². The first kappa shape index (κ1) is 22.8. The molecule has 168 valence electrons. The van der Waals surface area contributed by atoms with Crippen LogP contribution in [0.15, 0.2) is 127 Å². The van der Waals surface area contributed by atoms with Gasteiger partial charge in [0.25, 0.3) is 0 Å². The average molecular weight is 501 g/mol. The number of hydrogen-bond donors (Lipinski definition) is 0. The van der Waals surface area contributed by atoms with E-state index >= 15 is 0 Å². The summed E-state index contributed by atoms with van der Waals surface area (Å²) in [6.07, 6.45) is 3.87. The lowest BCUT2D eigenvalue weighted by molar-refractivity contribution is 0.502. The van der Waals surface area contributed by atoms with Crippen LogP contribution in [0.5, 0.6) is 0 Å². The normalized spacial score (nSPS) is 11.5. The molecule has 1 aromatic heterocycles. The molecule has 2 nitrogen and oxygen atoms in total. The molecule has 0 saturated carbocycles. The largest absolute Gasteiger partial charge is 0.315 e. The van der Waals surface area contributed by atoms with Crippen molar-refractivity contribution in [3.63, 3.8) is 0 Å². The van der Waals surface area contributed by atoms with E-state index in [1.807, 2.05) is 30.7 Å². The van der Waals surface area contributed by atoms with Gasteiger partial charge >= 0.3 is 0 Å². The number of benzene rings is 4. The highest BCUT2D eigenvalue weighted by atomic mass is 35.5. The second-order valence-electron chi connectivity index (χ2n) is 7.90. The summed E-state index contributed by atoms with van der Waals surface area (Å²) in [6, 6.07) is 37.5. The van der Waals surface area contributed by atoms with Crippen molar-refractivity contribution in [2.75, 3.05) is 0 Å². The average Bonchev–Trinajstić information content (AvgIpc) is 3.36. The topological polar surface area (TPSA) is 17.8 Å². The Bertz CT molecular complexity index is 1270. The summed E-state index contributed by atoms with van der Waals surface area (Å²) >= 11 is 14.4. The van der Waals surface area contributed by atoms with Gasteiger partial charge in [-0.25, -0.2) is 4.98 Å². The van der Waals surface area contributed by atoms with Gasteiger partial charge in [0.05, 0.1) is 16.4 Å². The molecule has 0 atom stereocenters. The van der Waals surface area contributed by atoms with E-state index in [1.165, 1.54) is 0 Å². The number of aromatic nitrogens is 2. The zero-order chi connectivity index (χ0) is 23.4. The Kier molecular flexibility index (Phi) is 6.77. The van der Waals surface area contributed by atoms with Crippen molar-refractivity contribution in [3.05, 3.63) is 154 Å². The minimum absolute atomic E-state index is 0.562. The minimum atomic E-state index is -0.589. The number of imidazole rings is 1. The van der Waals surface area contributed by atoms with Crippen LogP contribution in [0, 0.1) is 0 Å². The van der Waals surface area contributed by atoms with E-state index in [2.05, 4.69) is 101 Å². The second-order valence-corrected chi connectivity index (χ2v) is 9.71. The molecule has 0 N–H and O–H groups in total. The van der Waals surface area contributed by atoms with E-state index in [9.17, 15) is 0 Å². The SMILES string of the molecule is Clc1cccc(SCc2cncn2C(c2ccccc2)(c2ccccc2)c2ccccc2)c1Cl. The van der Waals surface area contributed by atoms with Crippen molar-refractivity contribution in [2.45, 2.75) is 16.2 Å². The third kappa shape index (κ3) is 4.16. The molecule has 0 bridgehead atoms. The van der Waals surface area contributed by atoms with Gasteiger partial charge < -0.3 is 4.57 Å². The fourth-order valence-electron chi connectivity index (χ4n) is 4.43. The number of halogens is 2. The summed E-state index contributed by atoms with van der Waals surface area (Å²) in [6.45, 7) is 0. The molecule has 0 aliphatic rings. The quantitative estimate of drug-likeness (QED) is 0.165. The van der Waals surface area contributed by atoms with Gasteiger partial charge in [-0.15, -0.1) is 11.8 Å². The van der Waals surface area contributed by atoms with Gasteiger partial charge in [-0.1, -0.05) is 120 Å². The van der Waals surface area contributed by atoms with E-state index in [0.29, 0.717) is 15.8 Å². The van der Waals surface area contributed by atoms with Crippen molar-refractivity contribution in [3.8, 4) is 0 Å². The van der Waals surface area contributed by atoms with Gasteiger partial charge in [-0.3, -0.25) is 0 Å². The molecule has 5 rings (SSSR count). The molecule has 0 aliphatic heterocycles. The van der Waals surface area contributed by atoms with Crippen LogP contribution < -0.4 is 0 Å². The zero-order valence-corrected chi connectivity index (χ0v) is 20.6. The summed E-state index contributed by atoms with van der Waals surface area (Å²) in [7, 11) is 0. The van der Waals surface area contributed by atoms with Gasteiger partial charge in [0.2, 0.25) is 0 Å². The van der Waals surface area contributed by atoms with E-state index in [-0.39, 0.29) is 0 Å². The summed E-state index contributed by atoms with van der Waals surface area (Å²) < 4.78 is 2.29. The maximum absolute atomic E-state index is 6.48. The molecule has 0 radical (unpaired) electrons. The Morgan fingerprint density at radius 2 is 1.21 bits per heavy atom. The molecule has 0 spiro atoms. The fraction of sp³-hybridized carbons (Fsp3) is 0.0690. The smallest absolute Gasteiger partial charge is 0.121 e. The summed E-state index contributed by atoms with van der Waals surface area (Å²) in [5, 5.41) is 1.15. The number of rotatable bonds is 7. The predicted octanol–water partition coefficient (Wildman–Crippen LogP) is 8.32. The molecule has 1 heterocycles. The monoisotopic (exact) mass is 500 g/mol. The molecule has 0 saturated heterocycles. The molecule has 5 heteroatoms. The molecule has 0 amide bonds. The molecule has 34 heavy (non-hydrogen) atoms. The van der Waals surface area contributed by atoms with Gasteiger partial charge in [0.15, 0.2) is 0 Å². The molecule has 0 fully saturated rings. The van der Waals surface area contributed by atoms with Gasteiger partial charge in [-0.2, -0.15) is 0 Å². The summed E-state index contributed by atoms with van der Waals surface area (Å²) in [5.74, 6) is 0.689. The number of hydrogen-bond acceptors (Lipinski definition) is 2.